The summed E-state index contributed by atoms with van der Waals surface area (Å²) in [7, 11) is -4.26. The average Bonchev–Trinajstić information content (AvgIpc) is 3.04. The molecule has 0 radical (unpaired) electrons. The highest BCUT2D eigenvalue weighted by Gasteiger charge is 2.24. The monoisotopic (exact) mass is 487 g/mol. The van der Waals surface area contributed by atoms with Gasteiger partial charge in [-0.25, -0.2) is 18.1 Å². The van der Waals surface area contributed by atoms with Gasteiger partial charge in [0.2, 0.25) is 0 Å². The normalized spacial score (nSPS) is 11.4. The number of nitrogens with one attached hydrogen (secondary N) is 1. The zero-order valence-corrected chi connectivity index (χ0v) is 18.9. The SMILES string of the molecule is CCOc1ccc(Cl)c(S(=O)(=O)NC(=O)c2cn(-c3cc(Cl)cc(Cl)c3)c(C)n2)c1. The van der Waals surface area contributed by atoms with Crippen molar-refractivity contribution in [3.05, 3.63) is 69.2 Å². The molecule has 0 aliphatic heterocycles. The Morgan fingerprint density at radius 1 is 1.13 bits per heavy atom. The maximum atomic E-state index is 12.7. The first-order chi connectivity index (χ1) is 14.1. The Kier molecular flexibility index (Phi) is 6.62. The molecule has 1 N–H and O–H groups in total. The molecule has 0 saturated heterocycles. The van der Waals surface area contributed by atoms with Crippen LogP contribution in [0.4, 0.5) is 0 Å². The van der Waals surface area contributed by atoms with E-state index in [1.165, 1.54) is 24.4 Å². The van der Waals surface area contributed by atoms with Gasteiger partial charge in [-0.1, -0.05) is 34.8 Å². The fourth-order valence-electron chi connectivity index (χ4n) is 2.70. The van der Waals surface area contributed by atoms with Crippen LogP contribution in [0.25, 0.3) is 5.69 Å². The second kappa shape index (κ2) is 8.85. The second-order valence-corrected chi connectivity index (χ2v) is 9.06. The summed E-state index contributed by atoms with van der Waals surface area (Å²) in [5.41, 5.74) is 0.469. The van der Waals surface area contributed by atoms with E-state index in [0.717, 1.165) is 0 Å². The van der Waals surface area contributed by atoms with Crippen molar-refractivity contribution in [3.63, 3.8) is 0 Å². The molecule has 158 valence electrons. The molecule has 0 spiro atoms. The predicted molar refractivity (Wildman–Crippen MR) is 116 cm³/mol. The van der Waals surface area contributed by atoms with Gasteiger partial charge in [-0.15, -0.1) is 0 Å². The van der Waals surface area contributed by atoms with Gasteiger partial charge in [-0.2, -0.15) is 0 Å². The average molecular weight is 489 g/mol. The van der Waals surface area contributed by atoms with E-state index >= 15 is 0 Å². The molecule has 0 aliphatic rings. The summed E-state index contributed by atoms with van der Waals surface area (Å²) in [6.45, 7) is 3.76. The molecule has 0 atom stereocenters. The minimum Gasteiger partial charge on any atom is -0.494 e. The summed E-state index contributed by atoms with van der Waals surface area (Å²) in [5, 5.41) is 0.764. The topological polar surface area (TPSA) is 90.3 Å². The number of hydrogen-bond donors (Lipinski definition) is 1. The molecule has 30 heavy (non-hydrogen) atoms. The van der Waals surface area contributed by atoms with E-state index < -0.39 is 15.9 Å². The summed E-state index contributed by atoms with van der Waals surface area (Å²) in [6.07, 6.45) is 1.39. The summed E-state index contributed by atoms with van der Waals surface area (Å²) in [4.78, 5) is 16.5. The Morgan fingerprint density at radius 3 is 2.43 bits per heavy atom. The molecule has 0 unspecified atom stereocenters. The van der Waals surface area contributed by atoms with Crippen LogP contribution in [0.15, 0.2) is 47.5 Å². The van der Waals surface area contributed by atoms with Gasteiger partial charge in [0.15, 0.2) is 0 Å². The first-order valence-corrected chi connectivity index (χ1v) is 11.2. The van der Waals surface area contributed by atoms with E-state index in [2.05, 4.69) is 4.98 Å². The highest BCUT2D eigenvalue weighted by molar-refractivity contribution is 7.90. The van der Waals surface area contributed by atoms with Gasteiger partial charge in [0.1, 0.15) is 22.2 Å². The van der Waals surface area contributed by atoms with Crippen LogP contribution < -0.4 is 9.46 Å². The van der Waals surface area contributed by atoms with E-state index in [4.69, 9.17) is 39.5 Å². The van der Waals surface area contributed by atoms with Crippen molar-refractivity contribution < 1.29 is 17.9 Å². The molecule has 3 aromatic rings. The Morgan fingerprint density at radius 2 is 1.80 bits per heavy atom. The lowest BCUT2D eigenvalue weighted by Gasteiger charge is -2.10. The first kappa shape index (κ1) is 22.4. The third kappa shape index (κ3) is 4.89. The van der Waals surface area contributed by atoms with Gasteiger partial charge in [0.25, 0.3) is 15.9 Å². The third-order valence-electron chi connectivity index (χ3n) is 3.97. The molecule has 7 nitrogen and oxygen atoms in total. The quantitative estimate of drug-likeness (QED) is 0.545. The predicted octanol–water partition coefficient (Wildman–Crippen LogP) is 4.66. The van der Waals surface area contributed by atoms with Crippen molar-refractivity contribution in [3.8, 4) is 11.4 Å². The number of benzene rings is 2. The zero-order chi connectivity index (χ0) is 22.1. The van der Waals surface area contributed by atoms with E-state index in [1.54, 1.807) is 36.6 Å². The molecule has 0 fully saturated rings. The summed E-state index contributed by atoms with van der Waals surface area (Å²) in [5.74, 6) is -0.164. The Labute approximate surface area is 188 Å². The number of carbonyl (C=O) groups excluding carboxylic acids is 1. The van der Waals surface area contributed by atoms with Crippen LogP contribution >= 0.6 is 34.8 Å². The number of sulfonamides is 1. The van der Waals surface area contributed by atoms with Crippen molar-refractivity contribution in [2.24, 2.45) is 0 Å². The summed E-state index contributed by atoms with van der Waals surface area (Å²) < 4.78 is 34.3. The number of carbonyl (C=O) groups is 1. The van der Waals surface area contributed by atoms with E-state index in [1.807, 2.05) is 4.72 Å². The number of ether oxygens (including phenoxy) is 1. The van der Waals surface area contributed by atoms with Crippen molar-refractivity contribution in [2.75, 3.05) is 6.61 Å². The molecule has 1 amide bonds. The van der Waals surface area contributed by atoms with Crippen LogP contribution in [-0.4, -0.2) is 30.5 Å². The van der Waals surface area contributed by atoms with Crippen molar-refractivity contribution in [1.82, 2.24) is 14.3 Å². The van der Waals surface area contributed by atoms with Gasteiger partial charge in [-0.05, 0) is 44.2 Å². The molecular formula is C19H16Cl3N3O4S. The highest BCUT2D eigenvalue weighted by Crippen LogP contribution is 2.27. The van der Waals surface area contributed by atoms with E-state index in [-0.39, 0.29) is 15.6 Å². The minimum atomic E-state index is -4.26. The number of aromatic nitrogens is 2. The molecule has 2 aromatic carbocycles. The fraction of sp³-hybridized carbons (Fsp3) is 0.158. The molecule has 1 heterocycles. The molecule has 0 aliphatic carbocycles. The Hall–Kier alpha value is -2.26. The van der Waals surface area contributed by atoms with Crippen LogP contribution in [0.2, 0.25) is 15.1 Å². The van der Waals surface area contributed by atoms with E-state index in [0.29, 0.717) is 33.9 Å². The molecule has 0 saturated carbocycles. The lowest BCUT2D eigenvalue weighted by atomic mass is 10.3. The van der Waals surface area contributed by atoms with Crippen LogP contribution in [-0.2, 0) is 10.0 Å². The van der Waals surface area contributed by atoms with Gasteiger partial charge in [-0.3, -0.25) is 4.79 Å². The highest BCUT2D eigenvalue weighted by atomic mass is 35.5. The van der Waals surface area contributed by atoms with Gasteiger partial charge in [0, 0.05) is 28.0 Å². The van der Waals surface area contributed by atoms with Gasteiger partial charge < -0.3 is 9.30 Å². The Balaban J connectivity index is 1.90. The second-order valence-electron chi connectivity index (χ2n) is 6.13. The van der Waals surface area contributed by atoms with Crippen molar-refractivity contribution in [1.29, 1.82) is 0 Å². The van der Waals surface area contributed by atoms with Crippen molar-refractivity contribution in [2.45, 2.75) is 18.7 Å². The maximum absolute atomic E-state index is 12.7. The van der Waals surface area contributed by atoms with E-state index in [9.17, 15) is 13.2 Å². The molecule has 1 aromatic heterocycles. The zero-order valence-electron chi connectivity index (χ0n) is 15.8. The van der Waals surface area contributed by atoms with Gasteiger partial charge in [0.05, 0.1) is 11.6 Å². The summed E-state index contributed by atoms with van der Waals surface area (Å²) >= 11 is 18.1. The van der Waals surface area contributed by atoms with Crippen LogP contribution in [0, 0.1) is 6.92 Å². The molecule has 0 bridgehead atoms. The fourth-order valence-corrected chi connectivity index (χ4v) is 4.69. The maximum Gasteiger partial charge on any atom is 0.285 e. The Bertz CT molecular complexity index is 1210. The summed E-state index contributed by atoms with van der Waals surface area (Å²) in [6, 6.07) is 9.01. The minimum absolute atomic E-state index is 0.0472. The van der Waals surface area contributed by atoms with Crippen LogP contribution in [0.1, 0.15) is 23.2 Å². The number of aryl methyl sites for hydroxylation is 1. The number of nitrogens with zero attached hydrogens (tertiary/aromatic N) is 2. The van der Waals surface area contributed by atoms with Crippen LogP contribution in [0.5, 0.6) is 5.75 Å². The molecule has 11 heteroatoms. The number of halogens is 3. The van der Waals surface area contributed by atoms with Crippen LogP contribution in [0.3, 0.4) is 0 Å². The number of imidazole rings is 1. The lowest BCUT2D eigenvalue weighted by Crippen LogP contribution is -2.31. The molecule has 3 rings (SSSR count). The third-order valence-corrected chi connectivity index (χ3v) is 6.22. The largest absolute Gasteiger partial charge is 0.494 e. The standard InChI is InChI=1S/C19H16Cl3N3O4S/c1-3-29-15-4-5-16(22)18(9-15)30(27,28)24-19(26)17-10-25(11(2)23-17)14-7-12(20)6-13(21)8-14/h4-10H,3H2,1-2H3,(H,24,26). The number of amides is 1. The van der Waals surface area contributed by atoms with Crippen molar-refractivity contribution >= 4 is 50.7 Å². The smallest absolute Gasteiger partial charge is 0.285 e. The number of rotatable bonds is 6. The number of hydrogen-bond acceptors (Lipinski definition) is 5. The first-order valence-electron chi connectivity index (χ1n) is 8.62. The lowest BCUT2D eigenvalue weighted by molar-refractivity contribution is 0.0977. The molecular weight excluding hydrogens is 473 g/mol. The van der Waals surface area contributed by atoms with Gasteiger partial charge >= 0.3 is 0 Å².